The molecule has 5 heteroatoms. The second-order valence-electron chi connectivity index (χ2n) is 4.81. The molecular formula is C15H18N4O. The Morgan fingerprint density at radius 3 is 2.35 bits per heavy atom. The summed E-state index contributed by atoms with van der Waals surface area (Å²) >= 11 is 0. The summed E-state index contributed by atoms with van der Waals surface area (Å²) in [5, 5.41) is 4.26. The fourth-order valence-electron chi connectivity index (χ4n) is 2.57. The molecule has 0 saturated heterocycles. The first kappa shape index (κ1) is 12.7. The Morgan fingerprint density at radius 1 is 1.05 bits per heavy atom. The van der Waals surface area contributed by atoms with Crippen LogP contribution in [0.1, 0.15) is 19.4 Å². The van der Waals surface area contributed by atoms with Crippen LogP contribution in [0.5, 0.6) is 0 Å². The van der Waals surface area contributed by atoms with Crippen LogP contribution in [0.2, 0.25) is 0 Å². The lowest BCUT2D eigenvalue weighted by molar-refractivity contribution is 0.656. The van der Waals surface area contributed by atoms with Crippen molar-refractivity contribution < 1.29 is 0 Å². The highest BCUT2D eigenvalue weighted by atomic mass is 16.1. The SMILES string of the molecule is CCn1cc(Cn2c(=O)n(CC)c3ccccc32)cn1. The fourth-order valence-corrected chi connectivity index (χ4v) is 2.57. The second-order valence-corrected chi connectivity index (χ2v) is 4.81. The van der Waals surface area contributed by atoms with Crippen molar-refractivity contribution in [3.8, 4) is 0 Å². The minimum atomic E-state index is 0.0398. The van der Waals surface area contributed by atoms with Gasteiger partial charge in [0.25, 0.3) is 0 Å². The Labute approximate surface area is 117 Å². The van der Waals surface area contributed by atoms with Crippen LogP contribution in [0.25, 0.3) is 11.0 Å². The molecule has 3 aromatic rings. The minimum Gasteiger partial charge on any atom is -0.292 e. The van der Waals surface area contributed by atoms with E-state index in [2.05, 4.69) is 5.10 Å². The predicted octanol–water partition coefficient (Wildman–Crippen LogP) is 2.09. The first-order valence-corrected chi connectivity index (χ1v) is 6.94. The number of para-hydroxylation sites is 2. The molecule has 0 unspecified atom stereocenters. The number of fused-ring (bicyclic) bond motifs is 1. The maximum absolute atomic E-state index is 12.5. The van der Waals surface area contributed by atoms with Gasteiger partial charge in [-0.2, -0.15) is 5.10 Å². The van der Waals surface area contributed by atoms with Crippen molar-refractivity contribution in [3.05, 3.63) is 52.7 Å². The maximum Gasteiger partial charge on any atom is 0.329 e. The molecule has 5 nitrogen and oxygen atoms in total. The fraction of sp³-hybridized carbons (Fsp3) is 0.333. The van der Waals surface area contributed by atoms with Gasteiger partial charge in [-0.15, -0.1) is 0 Å². The Balaban J connectivity index is 2.11. The van der Waals surface area contributed by atoms with Gasteiger partial charge in [0.05, 0.1) is 23.8 Å². The van der Waals surface area contributed by atoms with E-state index < -0.39 is 0 Å². The van der Waals surface area contributed by atoms with Crippen molar-refractivity contribution in [1.29, 1.82) is 0 Å². The van der Waals surface area contributed by atoms with Gasteiger partial charge in [0, 0.05) is 24.8 Å². The third kappa shape index (κ3) is 1.95. The molecule has 20 heavy (non-hydrogen) atoms. The standard InChI is InChI=1S/C15H18N4O/c1-3-17-10-12(9-16-17)11-19-14-8-6-5-7-13(14)18(4-2)15(19)20/h5-10H,3-4,11H2,1-2H3. The Kier molecular flexibility index (Phi) is 3.18. The number of aromatic nitrogens is 4. The van der Waals surface area contributed by atoms with Gasteiger partial charge in [-0.05, 0) is 26.0 Å². The van der Waals surface area contributed by atoms with Crippen molar-refractivity contribution >= 4 is 11.0 Å². The van der Waals surface area contributed by atoms with Crippen molar-refractivity contribution in [2.24, 2.45) is 0 Å². The number of imidazole rings is 1. The van der Waals surface area contributed by atoms with Crippen LogP contribution in [0.4, 0.5) is 0 Å². The van der Waals surface area contributed by atoms with Crippen molar-refractivity contribution in [3.63, 3.8) is 0 Å². The second kappa shape index (κ2) is 5.00. The van der Waals surface area contributed by atoms with Gasteiger partial charge < -0.3 is 0 Å². The molecule has 0 aliphatic heterocycles. The highest BCUT2D eigenvalue weighted by molar-refractivity contribution is 5.76. The van der Waals surface area contributed by atoms with E-state index in [0.717, 1.165) is 23.1 Å². The first-order valence-electron chi connectivity index (χ1n) is 6.94. The lowest BCUT2D eigenvalue weighted by Gasteiger charge is -2.00. The summed E-state index contributed by atoms with van der Waals surface area (Å²) < 4.78 is 5.49. The molecule has 0 N–H and O–H groups in total. The molecule has 0 aliphatic rings. The van der Waals surface area contributed by atoms with Crippen LogP contribution in [0, 0.1) is 0 Å². The maximum atomic E-state index is 12.5. The summed E-state index contributed by atoms with van der Waals surface area (Å²) in [7, 11) is 0. The highest BCUT2D eigenvalue weighted by Gasteiger charge is 2.12. The first-order chi connectivity index (χ1) is 9.74. The zero-order valence-electron chi connectivity index (χ0n) is 11.8. The van der Waals surface area contributed by atoms with Crippen LogP contribution in [0.3, 0.4) is 0 Å². The van der Waals surface area contributed by atoms with Crippen LogP contribution < -0.4 is 5.69 Å². The van der Waals surface area contributed by atoms with Gasteiger partial charge in [0.2, 0.25) is 0 Å². The van der Waals surface area contributed by atoms with Crippen LogP contribution in [-0.2, 0) is 19.6 Å². The zero-order valence-corrected chi connectivity index (χ0v) is 11.8. The number of hydrogen-bond acceptors (Lipinski definition) is 2. The summed E-state index contributed by atoms with van der Waals surface area (Å²) in [5.41, 5.74) is 3.05. The normalized spacial score (nSPS) is 11.3. The Hall–Kier alpha value is -2.30. The predicted molar refractivity (Wildman–Crippen MR) is 78.9 cm³/mol. The van der Waals surface area contributed by atoms with Crippen molar-refractivity contribution in [2.75, 3.05) is 0 Å². The molecule has 0 fully saturated rings. The van der Waals surface area contributed by atoms with Crippen LogP contribution in [0.15, 0.2) is 41.5 Å². The average Bonchev–Trinajstić information content (AvgIpc) is 3.03. The van der Waals surface area contributed by atoms with E-state index in [1.807, 2.05) is 59.8 Å². The Bertz CT molecular complexity index is 794. The van der Waals surface area contributed by atoms with Gasteiger partial charge in [-0.25, -0.2) is 4.79 Å². The summed E-state index contributed by atoms with van der Waals surface area (Å²) in [6.07, 6.45) is 3.82. The molecule has 104 valence electrons. The van der Waals surface area contributed by atoms with Gasteiger partial charge >= 0.3 is 5.69 Å². The molecule has 2 aromatic heterocycles. The van der Waals surface area contributed by atoms with E-state index in [1.54, 1.807) is 4.57 Å². The largest absolute Gasteiger partial charge is 0.329 e. The molecule has 0 radical (unpaired) electrons. The number of benzene rings is 1. The third-order valence-electron chi connectivity index (χ3n) is 3.59. The van der Waals surface area contributed by atoms with Gasteiger partial charge in [-0.1, -0.05) is 12.1 Å². The summed E-state index contributed by atoms with van der Waals surface area (Å²) in [6, 6.07) is 7.92. The molecule has 3 rings (SSSR count). The quantitative estimate of drug-likeness (QED) is 0.728. The van der Waals surface area contributed by atoms with E-state index in [4.69, 9.17) is 0 Å². The number of nitrogens with zero attached hydrogens (tertiary/aromatic N) is 4. The molecule has 1 aromatic carbocycles. The number of aryl methyl sites for hydroxylation is 2. The summed E-state index contributed by atoms with van der Waals surface area (Å²) in [4.78, 5) is 12.5. The number of hydrogen-bond donors (Lipinski definition) is 0. The van der Waals surface area contributed by atoms with E-state index in [1.165, 1.54) is 0 Å². The van der Waals surface area contributed by atoms with Gasteiger partial charge in [0.1, 0.15) is 0 Å². The monoisotopic (exact) mass is 270 g/mol. The molecule has 0 aliphatic carbocycles. The lowest BCUT2D eigenvalue weighted by Crippen LogP contribution is -2.24. The topological polar surface area (TPSA) is 44.8 Å². The average molecular weight is 270 g/mol. The van der Waals surface area contributed by atoms with E-state index in [0.29, 0.717) is 13.1 Å². The summed E-state index contributed by atoms with van der Waals surface area (Å²) in [6.45, 7) is 6.12. The van der Waals surface area contributed by atoms with E-state index in [-0.39, 0.29) is 5.69 Å². The van der Waals surface area contributed by atoms with Crippen molar-refractivity contribution in [2.45, 2.75) is 33.5 Å². The van der Waals surface area contributed by atoms with Crippen LogP contribution >= 0.6 is 0 Å². The molecule has 0 amide bonds. The lowest BCUT2D eigenvalue weighted by atomic mass is 10.3. The van der Waals surface area contributed by atoms with E-state index >= 15 is 0 Å². The molecular weight excluding hydrogens is 252 g/mol. The molecule has 2 heterocycles. The molecule has 0 atom stereocenters. The van der Waals surface area contributed by atoms with E-state index in [9.17, 15) is 4.79 Å². The van der Waals surface area contributed by atoms with Gasteiger partial charge in [-0.3, -0.25) is 13.8 Å². The minimum absolute atomic E-state index is 0.0398. The molecule has 0 bridgehead atoms. The van der Waals surface area contributed by atoms with Crippen LogP contribution in [-0.4, -0.2) is 18.9 Å². The summed E-state index contributed by atoms with van der Waals surface area (Å²) in [5.74, 6) is 0. The molecule has 0 spiro atoms. The Morgan fingerprint density at radius 2 is 1.75 bits per heavy atom. The smallest absolute Gasteiger partial charge is 0.292 e. The highest BCUT2D eigenvalue weighted by Crippen LogP contribution is 2.14. The zero-order chi connectivity index (χ0) is 14.1. The van der Waals surface area contributed by atoms with Gasteiger partial charge in [0.15, 0.2) is 0 Å². The third-order valence-corrected chi connectivity index (χ3v) is 3.59. The van der Waals surface area contributed by atoms with Crippen molar-refractivity contribution in [1.82, 2.24) is 18.9 Å². The molecule has 0 saturated carbocycles. The number of rotatable bonds is 4.